The number of nitrogens with one attached hydrogen (secondary N) is 2. The van der Waals surface area contributed by atoms with Crippen molar-refractivity contribution < 1.29 is 9.18 Å². The first-order valence-electron chi connectivity index (χ1n) is 9.08. The molecule has 0 bridgehead atoms. The van der Waals surface area contributed by atoms with Gasteiger partial charge < -0.3 is 15.2 Å². The van der Waals surface area contributed by atoms with E-state index < -0.39 is 0 Å². The largest absolute Gasteiger partial charge is 0.372 e. The normalized spacial score (nSPS) is 13.6. The number of carbonyl (C=O) groups excluding carboxylic acids is 1. The molecular formula is C21H18ClFN4O2. The molecule has 0 aliphatic carbocycles. The molecule has 2 heterocycles. The van der Waals surface area contributed by atoms with Gasteiger partial charge in [-0.2, -0.15) is 0 Å². The van der Waals surface area contributed by atoms with Crippen LogP contribution in [0, 0.1) is 5.82 Å². The van der Waals surface area contributed by atoms with Crippen molar-refractivity contribution in [3.05, 3.63) is 87.7 Å². The average molecular weight is 413 g/mol. The molecule has 0 spiro atoms. The van der Waals surface area contributed by atoms with Gasteiger partial charge in [-0.1, -0.05) is 11.6 Å². The lowest BCUT2D eigenvalue weighted by Crippen LogP contribution is -2.33. The number of fused-ring (bicyclic) bond motifs is 1. The van der Waals surface area contributed by atoms with Crippen LogP contribution in [0.5, 0.6) is 0 Å². The predicted molar refractivity (Wildman–Crippen MR) is 111 cm³/mol. The van der Waals surface area contributed by atoms with E-state index in [9.17, 15) is 14.0 Å². The van der Waals surface area contributed by atoms with Crippen molar-refractivity contribution in [3.63, 3.8) is 0 Å². The van der Waals surface area contributed by atoms with Crippen molar-refractivity contribution in [3.8, 4) is 0 Å². The Morgan fingerprint density at radius 3 is 2.72 bits per heavy atom. The molecule has 0 saturated carbocycles. The maximum atomic E-state index is 12.9. The highest BCUT2D eigenvalue weighted by molar-refractivity contribution is 6.31. The number of hydrogen-bond acceptors (Lipinski definition) is 3. The van der Waals surface area contributed by atoms with Crippen molar-refractivity contribution in [1.29, 1.82) is 0 Å². The Kier molecular flexibility index (Phi) is 5.22. The van der Waals surface area contributed by atoms with Crippen LogP contribution in [0.25, 0.3) is 16.7 Å². The molecule has 4 rings (SSSR count). The Morgan fingerprint density at radius 2 is 2.00 bits per heavy atom. The van der Waals surface area contributed by atoms with Crippen molar-refractivity contribution in [1.82, 2.24) is 19.8 Å². The Labute approximate surface area is 170 Å². The van der Waals surface area contributed by atoms with Gasteiger partial charge in [-0.25, -0.2) is 9.18 Å². The van der Waals surface area contributed by atoms with Crippen molar-refractivity contribution >= 4 is 34.2 Å². The van der Waals surface area contributed by atoms with Gasteiger partial charge in [0.05, 0.1) is 11.0 Å². The van der Waals surface area contributed by atoms with E-state index in [1.807, 2.05) is 29.3 Å². The molecule has 0 atom stereocenters. The van der Waals surface area contributed by atoms with Gasteiger partial charge >= 0.3 is 5.69 Å². The Bertz CT molecular complexity index is 1180. The summed E-state index contributed by atoms with van der Waals surface area (Å²) < 4.78 is 14.5. The molecule has 0 radical (unpaired) electrons. The summed E-state index contributed by atoms with van der Waals surface area (Å²) in [6.07, 6.45) is 5.69. The van der Waals surface area contributed by atoms with Gasteiger partial charge in [0.15, 0.2) is 0 Å². The number of nitrogens with zero attached hydrogens (tertiary/aromatic N) is 2. The molecule has 6 nitrogen and oxygen atoms in total. The zero-order valence-electron chi connectivity index (χ0n) is 15.4. The van der Waals surface area contributed by atoms with Crippen LogP contribution in [0.3, 0.4) is 0 Å². The van der Waals surface area contributed by atoms with E-state index in [2.05, 4.69) is 10.3 Å². The van der Waals surface area contributed by atoms with Crippen molar-refractivity contribution in [2.45, 2.75) is 0 Å². The van der Waals surface area contributed by atoms with Gasteiger partial charge in [-0.3, -0.25) is 9.36 Å². The van der Waals surface area contributed by atoms with E-state index in [1.54, 1.807) is 16.7 Å². The summed E-state index contributed by atoms with van der Waals surface area (Å²) in [5, 5.41) is 3.38. The quantitative estimate of drug-likeness (QED) is 0.676. The standard InChI is InChI=1S/C21H18ClFN4O2/c22-15-3-6-19-18(13-15)25-21(29)27(19)17-7-10-26(11-8-17)12-9-24-20(28)14-1-4-16(23)5-2-14/h1-8,10,13H,9,11-12H2,(H,24,28)(H,25,29). The molecule has 2 aromatic carbocycles. The number of allylic oxidation sites excluding steroid dienone is 2. The second-order valence-corrected chi connectivity index (χ2v) is 7.07. The van der Waals surface area contributed by atoms with Crippen molar-refractivity contribution in [2.24, 2.45) is 0 Å². The summed E-state index contributed by atoms with van der Waals surface area (Å²) in [4.78, 5) is 29.2. The first-order chi connectivity index (χ1) is 14.0. The van der Waals surface area contributed by atoms with Gasteiger partial charge in [0.2, 0.25) is 0 Å². The predicted octanol–water partition coefficient (Wildman–Crippen LogP) is 3.22. The van der Waals surface area contributed by atoms with Gasteiger partial charge in [0, 0.05) is 42.1 Å². The third kappa shape index (κ3) is 4.09. The second-order valence-electron chi connectivity index (χ2n) is 6.63. The second kappa shape index (κ2) is 7.97. The molecule has 0 unspecified atom stereocenters. The maximum absolute atomic E-state index is 12.9. The SMILES string of the molecule is O=C(NCCN1C=CC(n2c(=O)[nH]c3cc(Cl)ccc32)=CC1)c1ccc(F)cc1. The third-order valence-corrected chi connectivity index (χ3v) is 4.92. The molecule has 8 heteroatoms. The van der Waals surface area contributed by atoms with Crippen LogP contribution in [-0.2, 0) is 0 Å². The number of benzene rings is 2. The van der Waals surface area contributed by atoms with Crippen LogP contribution in [0.1, 0.15) is 10.4 Å². The first kappa shape index (κ1) is 19.0. The maximum Gasteiger partial charge on any atom is 0.331 e. The fourth-order valence-corrected chi connectivity index (χ4v) is 3.38. The minimum Gasteiger partial charge on any atom is -0.372 e. The van der Waals surface area contributed by atoms with Gasteiger partial charge in [-0.15, -0.1) is 0 Å². The highest BCUT2D eigenvalue weighted by Crippen LogP contribution is 2.20. The van der Waals surface area contributed by atoms with E-state index in [4.69, 9.17) is 11.6 Å². The van der Waals surface area contributed by atoms with Crippen LogP contribution in [-0.4, -0.2) is 40.0 Å². The molecule has 29 heavy (non-hydrogen) atoms. The van der Waals surface area contributed by atoms with Crippen LogP contribution < -0.4 is 11.0 Å². The number of hydrogen-bond donors (Lipinski definition) is 2. The lowest BCUT2D eigenvalue weighted by Gasteiger charge is -2.23. The number of halogens is 2. The van der Waals surface area contributed by atoms with Gasteiger partial charge in [0.25, 0.3) is 5.91 Å². The number of rotatable bonds is 5. The number of amides is 1. The van der Waals surface area contributed by atoms with Crippen molar-refractivity contribution in [2.75, 3.05) is 19.6 Å². The smallest absolute Gasteiger partial charge is 0.331 e. The van der Waals surface area contributed by atoms with Gasteiger partial charge in [-0.05, 0) is 54.6 Å². The molecule has 1 aliphatic rings. The third-order valence-electron chi connectivity index (χ3n) is 4.68. The highest BCUT2D eigenvalue weighted by Gasteiger charge is 2.13. The van der Waals surface area contributed by atoms with E-state index in [0.29, 0.717) is 35.7 Å². The molecule has 0 saturated heterocycles. The molecule has 2 N–H and O–H groups in total. The minimum absolute atomic E-state index is 0.224. The minimum atomic E-state index is -0.375. The van der Waals surface area contributed by atoms with E-state index in [-0.39, 0.29) is 17.4 Å². The number of aromatic nitrogens is 2. The Morgan fingerprint density at radius 1 is 1.21 bits per heavy atom. The fraction of sp³-hybridized carbons (Fsp3) is 0.143. The van der Waals surface area contributed by atoms with Crippen LogP contribution in [0.4, 0.5) is 4.39 Å². The zero-order chi connectivity index (χ0) is 20.4. The summed E-state index contributed by atoms with van der Waals surface area (Å²) in [6, 6.07) is 10.7. The molecule has 1 aromatic heterocycles. The first-order valence-corrected chi connectivity index (χ1v) is 9.46. The number of imidazole rings is 1. The van der Waals surface area contributed by atoms with Crippen LogP contribution in [0.2, 0.25) is 5.02 Å². The van der Waals surface area contributed by atoms with E-state index in [1.165, 1.54) is 24.3 Å². The van der Waals surface area contributed by atoms with Crippen LogP contribution >= 0.6 is 11.6 Å². The van der Waals surface area contributed by atoms with E-state index in [0.717, 1.165) is 11.2 Å². The summed E-state index contributed by atoms with van der Waals surface area (Å²) in [5.74, 6) is -0.619. The lowest BCUT2D eigenvalue weighted by atomic mass is 10.2. The van der Waals surface area contributed by atoms with E-state index >= 15 is 0 Å². The molecule has 1 aliphatic heterocycles. The topological polar surface area (TPSA) is 70.1 Å². The van der Waals surface area contributed by atoms with Crippen LogP contribution in [0.15, 0.2) is 65.6 Å². The molecule has 3 aromatic rings. The lowest BCUT2D eigenvalue weighted by molar-refractivity contribution is 0.0951. The zero-order valence-corrected chi connectivity index (χ0v) is 16.1. The molecule has 1 amide bonds. The summed E-state index contributed by atoms with van der Waals surface area (Å²) in [7, 11) is 0. The Balaban J connectivity index is 1.36. The fourth-order valence-electron chi connectivity index (χ4n) is 3.21. The van der Waals surface area contributed by atoms with Gasteiger partial charge in [0.1, 0.15) is 5.82 Å². The molecular weight excluding hydrogens is 395 g/mol. The highest BCUT2D eigenvalue weighted by atomic mass is 35.5. The molecule has 148 valence electrons. The number of aromatic amines is 1. The molecule has 0 fully saturated rings. The Hall–Kier alpha value is -3.32. The summed E-state index contributed by atoms with van der Waals surface area (Å²) >= 11 is 5.99. The number of H-pyrrole nitrogens is 1. The summed E-state index contributed by atoms with van der Waals surface area (Å²) in [5.41, 5.74) is 2.41. The number of carbonyl (C=O) groups is 1. The monoisotopic (exact) mass is 412 g/mol. The average Bonchev–Trinajstić information content (AvgIpc) is 3.03. The summed E-state index contributed by atoms with van der Waals surface area (Å²) in [6.45, 7) is 1.64.